The molecule has 4 unspecified atom stereocenters. The Labute approximate surface area is 173 Å². The Morgan fingerprint density at radius 2 is 0.769 bits per heavy atom. The quantitative estimate of drug-likeness (QED) is 0.0799. The number of carbonyl (C=O) groups is 6. The van der Waals surface area contributed by atoms with Gasteiger partial charge in [0.2, 0.25) is 0 Å². The van der Waals surface area contributed by atoms with Gasteiger partial charge in [0, 0.05) is 44.8 Å². The van der Waals surface area contributed by atoms with Crippen molar-refractivity contribution in [2.24, 2.45) is 0 Å². The number of carboxylic acid groups (broad SMARTS) is 2. The van der Waals surface area contributed by atoms with E-state index in [1.54, 1.807) is 0 Å². The predicted octanol–water partition coefficient (Wildman–Crippen LogP) is -5.27. The van der Waals surface area contributed by atoms with Crippen LogP contribution in [0.4, 0.5) is 0 Å². The Kier molecular flexibility index (Phi) is 14.5. The van der Waals surface area contributed by atoms with Gasteiger partial charge in [-0.15, -0.1) is 0 Å². The fraction of sp³-hybridized carbons (Fsp3) is 0.400. The number of ether oxygens (including phenoxy) is 2. The minimum atomic E-state index is -2.76. The molecule has 0 aromatic heterocycles. The fourth-order valence-electron chi connectivity index (χ4n) is 0.915. The second kappa shape index (κ2) is 12.8. The van der Waals surface area contributed by atoms with Crippen molar-refractivity contribution >= 4 is 35.8 Å². The van der Waals surface area contributed by atoms with Crippen molar-refractivity contribution in [1.82, 2.24) is 0 Å². The molecule has 0 aliphatic heterocycles. The van der Waals surface area contributed by atoms with Gasteiger partial charge < -0.3 is 40.1 Å². The van der Waals surface area contributed by atoms with Gasteiger partial charge in [0.1, 0.15) is 0 Å². The van der Waals surface area contributed by atoms with Gasteiger partial charge in [0.15, 0.2) is 24.4 Å². The van der Waals surface area contributed by atoms with Gasteiger partial charge in [-0.25, -0.2) is 28.8 Å². The second-order valence-electron chi connectivity index (χ2n) is 3.87. The van der Waals surface area contributed by atoms with Gasteiger partial charge >= 0.3 is 35.8 Å². The molecule has 0 heterocycles. The molecule has 0 fully saturated rings. The van der Waals surface area contributed by atoms with E-state index in [1.807, 2.05) is 0 Å². The number of hydrogen-bond donors (Lipinski definition) is 6. The van der Waals surface area contributed by atoms with Crippen LogP contribution in [0.2, 0.25) is 0 Å². The van der Waals surface area contributed by atoms with E-state index in [0.29, 0.717) is 0 Å². The molecule has 0 amide bonds. The van der Waals surface area contributed by atoms with Crippen molar-refractivity contribution in [2.45, 2.75) is 24.4 Å². The first-order valence-electron chi connectivity index (χ1n) is 5.59. The van der Waals surface area contributed by atoms with Crippen molar-refractivity contribution in [1.29, 1.82) is 0 Å². The van der Waals surface area contributed by atoms with Crippen molar-refractivity contribution in [3.8, 4) is 0 Å². The smallest absolute Gasteiger partial charge is 0.425 e. The van der Waals surface area contributed by atoms with Crippen LogP contribution >= 0.6 is 0 Å². The molecule has 0 saturated carbocycles. The van der Waals surface area contributed by atoms with Crippen LogP contribution in [-0.2, 0) is 83.0 Å². The normalized spacial score (nSPS) is 14.2. The molecule has 0 aromatic rings. The number of carbonyl (C=O) groups excluding carboxylic acids is 4. The molecule has 16 heteroatoms. The molecule has 0 bridgehead atoms. The zero-order chi connectivity index (χ0) is 19.2. The van der Waals surface area contributed by atoms with Crippen LogP contribution in [0, 0.1) is 0 Å². The molecule has 14 nitrogen and oxygen atoms in total. The topological polar surface area (TPSA) is 242 Å². The number of aliphatic carboxylic acids is 2. The molecule has 0 saturated heterocycles. The molecule has 4 atom stereocenters. The molecular formula is C10H10Nb2O14. The maximum atomic E-state index is 11.0. The first kappa shape index (κ1) is 29.3. The van der Waals surface area contributed by atoms with E-state index in [-0.39, 0.29) is 44.8 Å². The summed E-state index contributed by atoms with van der Waals surface area (Å²) in [6, 6.07) is 0. The summed E-state index contributed by atoms with van der Waals surface area (Å²) < 4.78 is 7.19. The van der Waals surface area contributed by atoms with Crippen LogP contribution in [0.3, 0.4) is 0 Å². The van der Waals surface area contributed by atoms with Crippen LogP contribution in [0.5, 0.6) is 0 Å². The third-order valence-corrected chi connectivity index (χ3v) is 2.14. The van der Waals surface area contributed by atoms with Gasteiger partial charge in [-0.2, -0.15) is 0 Å². The maximum absolute atomic E-state index is 11.0. The van der Waals surface area contributed by atoms with Crippen LogP contribution in [0.25, 0.3) is 0 Å². The molecular weight excluding hydrogens is 530 g/mol. The number of carboxylic acids is 2. The average Bonchev–Trinajstić information content (AvgIpc) is 2.50. The number of aliphatic hydroxyl groups excluding tert-OH is 4. The zero-order valence-electron chi connectivity index (χ0n) is 12.2. The van der Waals surface area contributed by atoms with Gasteiger partial charge in [-0.3, -0.25) is 0 Å². The number of aliphatic hydroxyl groups is 4. The minimum absolute atomic E-state index is 0. The Hall–Kier alpha value is -1.46. The Bertz CT molecular complexity index is 524. The molecule has 0 aliphatic rings. The molecule has 0 spiro atoms. The van der Waals surface area contributed by atoms with Crippen LogP contribution in [-0.4, -0.2) is 90.9 Å². The van der Waals surface area contributed by atoms with Crippen LogP contribution < -0.4 is 0 Å². The molecule has 2 radical (unpaired) electrons. The van der Waals surface area contributed by atoms with Crippen molar-refractivity contribution in [3.63, 3.8) is 0 Å². The van der Waals surface area contributed by atoms with E-state index in [0.717, 1.165) is 0 Å². The predicted molar refractivity (Wildman–Crippen MR) is 61.5 cm³/mol. The Balaban J connectivity index is -0.00000264. The summed E-state index contributed by atoms with van der Waals surface area (Å²) in [7, 11) is 0. The summed E-state index contributed by atoms with van der Waals surface area (Å²) >= 11 is 0. The molecule has 6 N–H and O–H groups in total. The van der Waals surface area contributed by atoms with Gasteiger partial charge in [-0.05, 0) is 0 Å². The van der Waals surface area contributed by atoms with Crippen LogP contribution in [0.1, 0.15) is 0 Å². The van der Waals surface area contributed by atoms with Gasteiger partial charge in [0.05, 0.1) is 0 Å². The van der Waals surface area contributed by atoms with Crippen molar-refractivity contribution in [3.05, 3.63) is 0 Å². The second-order valence-corrected chi connectivity index (χ2v) is 3.87. The van der Waals surface area contributed by atoms with E-state index in [2.05, 4.69) is 9.47 Å². The van der Waals surface area contributed by atoms with E-state index < -0.39 is 60.2 Å². The average molecular weight is 540 g/mol. The van der Waals surface area contributed by atoms with Crippen LogP contribution in [0.15, 0.2) is 0 Å². The molecule has 26 heavy (non-hydrogen) atoms. The zero-order valence-corrected chi connectivity index (χ0v) is 16.6. The third-order valence-electron chi connectivity index (χ3n) is 2.14. The Morgan fingerprint density at radius 1 is 0.538 bits per heavy atom. The first-order valence-corrected chi connectivity index (χ1v) is 5.59. The van der Waals surface area contributed by atoms with Gasteiger partial charge in [0.25, 0.3) is 0 Å². The summed E-state index contributed by atoms with van der Waals surface area (Å²) in [5.41, 5.74) is 0. The summed E-state index contributed by atoms with van der Waals surface area (Å²) in [6.07, 6.45) is -10.9. The summed E-state index contributed by atoms with van der Waals surface area (Å²) in [5.74, 6) is -12.8. The standard InChI is InChI=1S/C10H10O14.2Nb/c11-1(5(15)16)3(13)7(19)23-9(21)10(22)24-8(20)4(14)2(12)6(17)18;;/h1-4,11-14H,(H,15,16)(H,17,18);;. The van der Waals surface area contributed by atoms with Crippen molar-refractivity contribution < 1.29 is 114 Å². The molecule has 144 valence electrons. The fourth-order valence-corrected chi connectivity index (χ4v) is 0.915. The van der Waals surface area contributed by atoms with Gasteiger partial charge in [-0.1, -0.05) is 0 Å². The number of hydrogen-bond acceptors (Lipinski definition) is 12. The number of rotatable bonds is 6. The van der Waals surface area contributed by atoms with Crippen molar-refractivity contribution in [2.75, 3.05) is 0 Å². The summed E-state index contributed by atoms with van der Waals surface area (Å²) in [4.78, 5) is 64.7. The molecule has 0 aliphatic carbocycles. The first-order chi connectivity index (χ1) is 10.9. The molecule has 0 aromatic carbocycles. The number of esters is 4. The monoisotopic (exact) mass is 540 g/mol. The molecule has 0 rings (SSSR count). The Morgan fingerprint density at radius 3 is 0.962 bits per heavy atom. The summed E-state index contributed by atoms with van der Waals surface area (Å²) in [6.45, 7) is 0. The van der Waals surface area contributed by atoms with E-state index in [4.69, 9.17) is 30.6 Å². The SMILES string of the molecule is O=C(OC(=O)C(O)C(O)C(=O)O)C(=O)OC(=O)C(O)C(O)C(=O)O.[Nb].[Nb]. The van der Waals surface area contributed by atoms with E-state index in [9.17, 15) is 28.8 Å². The third kappa shape index (κ3) is 8.77. The maximum Gasteiger partial charge on any atom is 0.425 e. The summed E-state index contributed by atoms with van der Waals surface area (Å²) in [5, 5.41) is 52.1. The van der Waals surface area contributed by atoms with E-state index >= 15 is 0 Å². The minimum Gasteiger partial charge on any atom is -0.479 e. The largest absolute Gasteiger partial charge is 0.479 e. The van der Waals surface area contributed by atoms with E-state index in [1.165, 1.54) is 0 Å².